The van der Waals surface area contributed by atoms with Crippen LogP contribution in [0, 0.1) is 0 Å². The Balaban J connectivity index is 1.46. The van der Waals surface area contributed by atoms with Crippen molar-refractivity contribution < 1.29 is 4.42 Å². The van der Waals surface area contributed by atoms with Gasteiger partial charge in [-0.1, -0.05) is 84.9 Å². The third kappa shape index (κ3) is 3.10. The van der Waals surface area contributed by atoms with Crippen molar-refractivity contribution in [3.63, 3.8) is 0 Å². The molecule has 2 heteroatoms. The Morgan fingerprint density at radius 3 is 1.94 bits per heavy atom. The standard InChI is InChI=1S/C29H19NO/c1-3-8-20(9-4-1)22-14-16-24-25-12-7-13-26(29(25)31-28(24)18-22)27-17-15-23(19-30-27)21-10-5-2-6-11-21/h1-19H. The molecule has 0 bridgehead atoms. The maximum atomic E-state index is 6.38. The summed E-state index contributed by atoms with van der Waals surface area (Å²) in [5.41, 5.74) is 8.29. The van der Waals surface area contributed by atoms with Crippen LogP contribution in [0.2, 0.25) is 0 Å². The largest absolute Gasteiger partial charge is 0.455 e. The van der Waals surface area contributed by atoms with Crippen LogP contribution in [0.25, 0.3) is 55.4 Å². The number of hydrogen-bond donors (Lipinski definition) is 0. The van der Waals surface area contributed by atoms with Crippen molar-refractivity contribution in [2.75, 3.05) is 0 Å². The maximum Gasteiger partial charge on any atom is 0.144 e. The molecular weight excluding hydrogens is 378 g/mol. The van der Waals surface area contributed by atoms with Crippen LogP contribution in [0.3, 0.4) is 0 Å². The van der Waals surface area contributed by atoms with Crippen LogP contribution in [0.1, 0.15) is 0 Å². The van der Waals surface area contributed by atoms with Gasteiger partial charge in [-0.15, -0.1) is 0 Å². The summed E-state index contributed by atoms with van der Waals surface area (Å²) in [5.74, 6) is 0. The molecule has 4 aromatic carbocycles. The minimum absolute atomic E-state index is 0.877. The first-order valence-electron chi connectivity index (χ1n) is 10.4. The quantitative estimate of drug-likeness (QED) is 0.302. The number of aromatic nitrogens is 1. The molecule has 2 nitrogen and oxygen atoms in total. The number of benzene rings is 4. The number of furan rings is 1. The van der Waals surface area contributed by atoms with E-state index in [9.17, 15) is 0 Å². The molecule has 0 radical (unpaired) electrons. The van der Waals surface area contributed by atoms with Crippen molar-refractivity contribution >= 4 is 21.9 Å². The molecule has 0 saturated carbocycles. The Kier molecular flexibility index (Phi) is 4.14. The van der Waals surface area contributed by atoms with Crippen molar-refractivity contribution in [3.8, 4) is 33.5 Å². The van der Waals surface area contributed by atoms with Crippen molar-refractivity contribution in [2.45, 2.75) is 0 Å². The molecule has 31 heavy (non-hydrogen) atoms. The topological polar surface area (TPSA) is 26.0 Å². The van der Waals surface area contributed by atoms with Gasteiger partial charge in [0.1, 0.15) is 11.2 Å². The average Bonchev–Trinajstić information content (AvgIpc) is 3.23. The SMILES string of the molecule is c1ccc(-c2ccc(-c3cccc4c3oc3cc(-c5ccccc5)ccc34)nc2)cc1. The summed E-state index contributed by atoms with van der Waals surface area (Å²) >= 11 is 0. The Bertz CT molecular complexity index is 1500. The van der Waals surface area contributed by atoms with E-state index in [0.717, 1.165) is 49.9 Å². The molecule has 6 rings (SSSR count). The molecule has 6 aromatic rings. The van der Waals surface area contributed by atoms with Gasteiger partial charge in [0.25, 0.3) is 0 Å². The molecule has 0 fully saturated rings. The lowest BCUT2D eigenvalue weighted by Crippen LogP contribution is -1.85. The van der Waals surface area contributed by atoms with Crippen LogP contribution in [0.5, 0.6) is 0 Å². The van der Waals surface area contributed by atoms with Crippen molar-refractivity contribution in [1.29, 1.82) is 0 Å². The number of rotatable bonds is 3. The highest BCUT2D eigenvalue weighted by Crippen LogP contribution is 2.37. The molecule has 0 aliphatic heterocycles. The molecule has 0 aliphatic rings. The highest BCUT2D eigenvalue weighted by Gasteiger charge is 2.14. The van der Waals surface area contributed by atoms with Gasteiger partial charge in [0.15, 0.2) is 0 Å². The molecule has 0 N–H and O–H groups in total. The Hall–Kier alpha value is -4.17. The monoisotopic (exact) mass is 397 g/mol. The lowest BCUT2D eigenvalue weighted by Gasteiger charge is -2.04. The van der Waals surface area contributed by atoms with E-state index >= 15 is 0 Å². The zero-order valence-corrected chi connectivity index (χ0v) is 16.8. The van der Waals surface area contributed by atoms with Gasteiger partial charge in [-0.2, -0.15) is 0 Å². The summed E-state index contributed by atoms with van der Waals surface area (Å²) in [5, 5.41) is 2.23. The van der Waals surface area contributed by atoms with Crippen LogP contribution in [-0.2, 0) is 0 Å². The third-order valence-corrected chi connectivity index (χ3v) is 5.75. The first-order valence-corrected chi connectivity index (χ1v) is 10.4. The summed E-state index contributed by atoms with van der Waals surface area (Å²) in [7, 11) is 0. The Labute approximate surface area is 180 Å². The fourth-order valence-corrected chi connectivity index (χ4v) is 4.16. The molecule has 2 heterocycles. The van der Waals surface area contributed by atoms with Gasteiger partial charge in [-0.05, 0) is 41.0 Å². The fraction of sp³-hybridized carbons (Fsp3) is 0. The van der Waals surface area contributed by atoms with Gasteiger partial charge in [-0.25, -0.2) is 0 Å². The van der Waals surface area contributed by atoms with Crippen LogP contribution < -0.4 is 0 Å². The first kappa shape index (κ1) is 17.7. The van der Waals surface area contributed by atoms with Crippen molar-refractivity contribution in [1.82, 2.24) is 4.98 Å². The van der Waals surface area contributed by atoms with E-state index in [0.29, 0.717) is 0 Å². The molecular formula is C29H19NO. The molecule has 2 aromatic heterocycles. The van der Waals surface area contributed by atoms with Gasteiger partial charge < -0.3 is 4.42 Å². The smallest absolute Gasteiger partial charge is 0.144 e. The Morgan fingerprint density at radius 1 is 0.516 bits per heavy atom. The van der Waals surface area contributed by atoms with Gasteiger partial charge in [0, 0.05) is 28.1 Å². The predicted octanol–water partition coefficient (Wildman–Crippen LogP) is 7.98. The molecule has 0 saturated heterocycles. The van der Waals surface area contributed by atoms with Crippen LogP contribution >= 0.6 is 0 Å². The average molecular weight is 397 g/mol. The molecule has 0 amide bonds. The lowest BCUT2D eigenvalue weighted by atomic mass is 10.0. The minimum Gasteiger partial charge on any atom is -0.455 e. The van der Waals surface area contributed by atoms with E-state index < -0.39 is 0 Å². The van der Waals surface area contributed by atoms with E-state index in [1.165, 1.54) is 5.56 Å². The van der Waals surface area contributed by atoms with Gasteiger partial charge in [0.05, 0.1) is 5.69 Å². The van der Waals surface area contributed by atoms with Crippen LogP contribution in [0.4, 0.5) is 0 Å². The number of hydrogen-bond acceptors (Lipinski definition) is 2. The molecule has 0 unspecified atom stereocenters. The van der Waals surface area contributed by atoms with Crippen molar-refractivity contribution in [2.24, 2.45) is 0 Å². The lowest BCUT2D eigenvalue weighted by molar-refractivity contribution is 0.670. The minimum atomic E-state index is 0.877. The number of nitrogens with zero attached hydrogens (tertiary/aromatic N) is 1. The van der Waals surface area contributed by atoms with Crippen molar-refractivity contribution in [3.05, 3.63) is 115 Å². The second kappa shape index (κ2) is 7.26. The highest BCUT2D eigenvalue weighted by atomic mass is 16.3. The van der Waals surface area contributed by atoms with Gasteiger partial charge >= 0.3 is 0 Å². The van der Waals surface area contributed by atoms with E-state index in [1.54, 1.807) is 0 Å². The highest BCUT2D eigenvalue weighted by molar-refractivity contribution is 6.10. The summed E-state index contributed by atoms with van der Waals surface area (Å²) in [4.78, 5) is 4.75. The number of fused-ring (bicyclic) bond motifs is 3. The fourth-order valence-electron chi connectivity index (χ4n) is 4.16. The van der Waals surface area contributed by atoms with E-state index in [-0.39, 0.29) is 0 Å². The van der Waals surface area contributed by atoms with Gasteiger partial charge in [0.2, 0.25) is 0 Å². The second-order valence-electron chi connectivity index (χ2n) is 7.66. The normalized spacial score (nSPS) is 11.2. The zero-order chi connectivity index (χ0) is 20.6. The van der Waals surface area contributed by atoms with E-state index in [1.807, 2.05) is 30.5 Å². The second-order valence-corrected chi connectivity index (χ2v) is 7.66. The molecule has 0 spiro atoms. The number of pyridine rings is 1. The van der Waals surface area contributed by atoms with E-state index in [2.05, 4.69) is 84.9 Å². The third-order valence-electron chi connectivity index (χ3n) is 5.75. The van der Waals surface area contributed by atoms with Crippen LogP contribution in [-0.4, -0.2) is 4.98 Å². The zero-order valence-electron chi connectivity index (χ0n) is 16.8. The first-order chi connectivity index (χ1) is 15.4. The van der Waals surface area contributed by atoms with Crippen LogP contribution in [0.15, 0.2) is 120 Å². The summed E-state index contributed by atoms with van der Waals surface area (Å²) in [6, 6.07) is 37.6. The molecule has 0 atom stereocenters. The van der Waals surface area contributed by atoms with Gasteiger partial charge in [-0.3, -0.25) is 4.98 Å². The number of para-hydroxylation sites is 1. The maximum absolute atomic E-state index is 6.38. The molecule has 0 aliphatic carbocycles. The summed E-state index contributed by atoms with van der Waals surface area (Å²) in [6.07, 6.45) is 1.93. The Morgan fingerprint density at radius 2 is 1.23 bits per heavy atom. The summed E-state index contributed by atoms with van der Waals surface area (Å²) in [6.45, 7) is 0. The summed E-state index contributed by atoms with van der Waals surface area (Å²) < 4.78 is 6.38. The predicted molar refractivity (Wildman–Crippen MR) is 128 cm³/mol. The molecule has 146 valence electrons. The van der Waals surface area contributed by atoms with E-state index in [4.69, 9.17) is 9.40 Å².